The SMILES string of the molecule is CC(C)Cn1c(SCC(=O)NC2=NCCS2)nnc1C(C)Oc1ccccc1C(C)C. The summed E-state index contributed by atoms with van der Waals surface area (Å²) in [6.45, 7) is 12.1. The van der Waals surface area contributed by atoms with Gasteiger partial charge in [0.15, 0.2) is 22.3 Å². The number of ether oxygens (including phenoxy) is 1. The number of benzene rings is 1. The van der Waals surface area contributed by atoms with Crippen molar-refractivity contribution < 1.29 is 9.53 Å². The van der Waals surface area contributed by atoms with E-state index < -0.39 is 0 Å². The number of hydrogen-bond donors (Lipinski definition) is 1. The molecule has 0 spiro atoms. The molecule has 2 heterocycles. The van der Waals surface area contributed by atoms with Crippen LogP contribution in [0.2, 0.25) is 0 Å². The van der Waals surface area contributed by atoms with Gasteiger partial charge in [0.2, 0.25) is 5.91 Å². The molecule has 31 heavy (non-hydrogen) atoms. The Morgan fingerprint density at radius 1 is 1.23 bits per heavy atom. The minimum Gasteiger partial charge on any atom is -0.482 e. The summed E-state index contributed by atoms with van der Waals surface area (Å²) in [7, 11) is 0. The monoisotopic (exact) mass is 461 g/mol. The summed E-state index contributed by atoms with van der Waals surface area (Å²) in [5.74, 6) is 3.52. The van der Waals surface area contributed by atoms with E-state index in [0.29, 0.717) is 17.0 Å². The molecule has 9 heteroatoms. The second kappa shape index (κ2) is 11.0. The van der Waals surface area contributed by atoms with Crippen LogP contribution in [0.15, 0.2) is 34.4 Å². The smallest absolute Gasteiger partial charge is 0.236 e. The van der Waals surface area contributed by atoms with Crippen LogP contribution in [-0.2, 0) is 11.3 Å². The van der Waals surface area contributed by atoms with E-state index in [4.69, 9.17) is 4.74 Å². The van der Waals surface area contributed by atoms with Crippen molar-refractivity contribution in [3.63, 3.8) is 0 Å². The van der Waals surface area contributed by atoms with Crippen LogP contribution in [0, 0.1) is 5.92 Å². The third kappa shape index (κ3) is 6.49. The van der Waals surface area contributed by atoms with E-state index in [9.17, 15) is 4.79 Å². The zero-order valence-corrected chi connectivity index (χ0v) is 20.4. The molecular weight excluding hydrogens is 430 g/mol. The van der Waals surface area contributed by atoms with E-state index in [0.717, 1.165) is 35.6 Å². The number of para-hydroxylation sites is 1. The maximum Gasteiger partial charge on any atom is 0.236 e. The maximum absolute atomic E-state index is 12.3. The van der Waals surface area contributed by atoms with Gasteiger partial charge >= 0.3 is 0 Å². The fraction of sp³-hybridized carbons (Fsp3) is 0.545. The predicted molar refractivity (Wildman–Crippen MR) is 128 cm³/mol. The van der Waals surface area contributed by atoms with Gasteiger partial charge in [-0.25, -0.2) is 0 Å². The highest BCUT2D eigenvalue weighted by Crippen LogP contribution is 2.31. The number of aliphatic imine (C=N–C) groups is 1. The van der Waals surface area contributed by atoms with Crippen molar-refractivity contribution in [1.82, 2.24) is 20.1 Å². The van der Waals surface area contributed by atoms with Crippen molar-refractivity contribution in [3.8, 4) is 5.75 Å². The summed E-state index contributed by atoms with van der Waals surface area (Å²) in [4.78, 5) is 16.5. The Balaban J connectivity index is 1.73. The number of carbonyl (C=O) groups is 1. The zero-order chi connectivity index (χ0) is 22.4. The van der Waals surface area contributed by atoms with E-state index in [2.05, 4.69) is 58.8 Å². The van der Waals surface area contributed by atoms with Crippen molar-refractivity contribution in [2.24, 2.45) is 10.9 Å². The second-order valence-corrected chi connectivity index (χ2v) is 10.2. The molecule has 168 valence electrons. The molecule has 0 bridgehead atoms. The molecule has 1 aromatic carbocycles. The first kappa shape index (κ1) is 23.7. The number of hydrogen-bond acceptors (Lipinski definition) is 7. The molecule has 0 aliphatic carbocycles. The quantitative estimate of drug-likeness (QED) is 0.554. The number of amidine groups is 1. The Labute approximate surface area is 192 Å². The normalized spacial score (nSPS) is 14.7. The standard InChI is InChI=1S/C22H31N5O2S2/c1-14(2)12-27-20(16(5)29-18-9-7-6-8-17(18)15(3)4)25-26-22(27)31-13-19(28)24-21-23-10-11-30-21/h6-9,14-16H,10-13H2,1-5H3,(H,23,24,28). The summed E-state index contributed by atoms with van der Waals surface area (Å²) in [6, 6.07) is 8.11. The van der Waals surface area contributed by atoms with Gasteiger partial charge in [-0.15, -0.1) is 10.2 Å². The number of carbonyl (C=O) groups excluding carboxylic acids is 1. The lowest BCUT2D eigenvalue weighted by molar-refractivity contribution is -0.117. The summed E-state index contributed by atoms with van der Waals surface area (Å²) in [5, 5.41) is 13.1. The van der Waals surface area contributed by atoms with Gasteiger partial charge in [-0.3, -0.25) is 9.79 Å². The minimum absolute atomic E-state index is 0.0750. The Kier molecular flexibility index (Phi) is 8.43. The van der Waals surface area contributed by atoms with Gasteiger partial charge in [0.1, 0.15) is 5.75 Å². The molecule has 0 fully saturated rings. The number of thioether (sulfide) groups is 2. The van der Waals surface area contributed by atoms with E-state index in [1.807, 2.05) is 25.1 Å². The molecule has 1 unspecified atom stereocenters. The molecule has 0 radical (unpaired) electrons. The fourth-order valence-corrected chi connectivity index (χ4v) is 4.75. The van der Waals surface area contributed by atoms with Crippen LogP contribution in [-0.4, -0.2) is 43.9 Å². The van der Waals surface area contributed by atoms with E-state index in [-0.39, 0.29) is 17.8 Å². The molecule has 1 N–H and O–H groups in total. The van der Waals surface area contributed by atoms with E-state index in [1.165, 1.54) is 17.3 Å². The van der Waals surface area contributed by atoms with Crippen molar-refractivity contribution in [2.75, 3.05) is 18.1 Å². The van der Waals surface area contributed by atoms with Crippen LogP contribution < -0.4 is 10.1 Å². The number of nitrogens with one attached hydrogen (secondary N) is 1. The zero-order valence-electron chi connectivity index (χ0n) is 18.8. The highest BCUT2D eigenvalue weighted by atomic mass is 32.2. The summed E-state index contributed by atoms with van der Waals surface area (Å²) in [6.07, 6.45) is -0.265. The van der Waals surface area contributed by atoms with Crippen LogP contribution in [0.25, 0.3) is 0 Å². The van der Waals surface area contributed by atoms with Crippen LogP contribution in [0.3, 0.4) is 0 Å². The van der Waals surface area contributed by atoms with Crippen molar-refractivity contribution in [2.45, 2.75) is 58.3 Å². The first-order valence-electron chi connectivity index (χ1n) is 10.6. The fourth-order valence-electron chi connectivity index (χ4n) is 3.25. The molecule has 1 aliphatic rings. The number of rotatable bonds is 9. The maximum atomic E-state index is 12.3. The molecule has 1 aliphatic heterocycles. The molecule has 7 nitrogen and oxygen atoms in total. The van der Waals surface area contributed by atoms with Crippen molar-refractivity contribution in [1.29, 1.82) is 0 Å². The number of nitrogens with zero attached hydrogens (tertiary/aromatic N) is 4. The van der Waals surface area contributed by atoms with Crippen LogP contribution >= 0.6 is 23.5 Å². The third-order valence-corrected chi connectivity index (χ3v) is 6.52. The molecule has 0 saturated heterocycles. The molecule has 1 atom stereocenters. The predicted octanol–water partition coefficient (Wildman–Crippen LogP) is 4.51. The average Bonchev–Trinajstić information content (AvgIpc) is 3.36. The Morgan fingerprint density at radius 2 is 2.00 bits per heavy atom. The van der Waals surface area contributed by atoms with E-state index in [1.54, 1.807) is 11.8 Å². The topological polar surface area (TPSA) is 81.4 Å². The van der Waals surface area contributed by atoms with Gasteiger partial charge in [-0.05, 0) is 30.4 Å². The molecule has 1 aromatic heterocycles. The van der Waals surface area contributed by atoms with Crippen molar-refractivity contribution in [3.05, 3.63) is 35.7 Å². The molecule has 3 rings (SSSR count). The molecular formula is C22H31N5O2S2. The lowest BCUT2D eigenvalue weighted by atomic mass is 10.0. The highest BCUT2D eigenvalue weighted by molar-refractivity contribution is 8.14. The number of amides is 1. The van der Waals surface area contributed by atoms with Gasteiger partial charge in [-0.1, -0.05) is 69.4 Å². The largest absolute Gasteiger partial charge is 0.482 e. The van der Waals surface area contributed by atoms with Gasteiger partial charge in [-0.2, -0.15) is 0 Å². The summed E-state index contributed by atoms with van der Waals surface area (Å²) < 4.78 is 8.39. The van der Waals surface area contributed by atoms with Crippen LogP contribution in [0.1, 0.15) is 58.0 Å². The van der Waals surface area contributed by atoms with E-state index >= 15 is 0 Å². The van der Waals surface area contributed by atoms with Crippen molar-refractivity contribution >= 4 is 34.6 Å². The summed E-state index contributed by atoms with van der Waals surface area (Å²) in [5.41, 5.74) is 1.17. The first-order chi connectivity index (χ1) is 14.8. The van der Waals surface area contributed by atoms with Gasteiger partial charge in [0.05, 0.1) is 12.3 Å². The lowest BCUT2D eigenvalue weighted by Gasteiger charge is -2.20. The average molecular weight is 462 g/mol. The summed E-state index contributed by atoms with van der Waals surface area (Å²) >= 11 is 2.97. The Hall–Kier alpha value is -2.00. The Morgan fingerprint density at radius 3 is 2.68 bits per heavy atom. The number of aromatic nitrogens is 3. The first-order valence-corrected chi connectivity index (χ1v) is 12.6. The minimum atomic E-state index is -0.265. The Bertz CT molecular complexity index is 926. The second-order valence-electron chi connectivity index (χ2n) is 8.17. The van der Waals surface area contributed by atoms with Gasteiger partial charge in [0, 0.05) is 12.3 Å². The molecule has 1 amide bonds. The third-order valence-electron chi connectivity index (χ3n) is 4.67. The molecule has 0 saturated carbocycles. The van der Waals surface area contributed by atoms with Crippen LogP contribution in [0.5, 0.6) is 5.75 Å². The highest BCUT2D eigenvalue weighted by Gasteiger charge is 2.22. The van der Waals surface area contributed by atoms with Crippen LogP contribution in [0.4, 0.5) is 0 Å². The van der Waals surface area contributed by atoms with Gasteiger partial charge < -0.3 is 14.6 Å². The molecule has 2 aromatic rings. The lowest BCUT2D eigenvalue weighted by Crippen LogP contribution is -2.29. The van der Waals surface area contributed by atoms with Gasteiger partial charge in [0.25, 0.3) is 0 Å².